The fraction of sp³-hybridized carbons (Fsp3) is 0.700. The van der Waals surface area contributed by atoms with Crippen LogP contribution < -0.4 is 10.6 Å². The van der Waals surface area contributed by atoms with Gasteiger partial charge in [-0.1, -0.05) is 19.9 Å². The van der Waals surface area contributed by atoms with Gasteiger partial charge in [0.15, 0.2) is 0 Å². The molecule has 3 nitrogen and oxygen atoms in total. The number of amides is 1. The van der Waals surface area contributed by atoms with Gasteiger partial charge in [0.2, 0.25) is 5.91 Å². The molecule has 1 saturated heterocycles. The maximum Gasteiger partial charge on any atom is 0.228 e. The Morgan fingerprint density at radius 3 is 2.92 bits per heavy atom. The molecule has 1 aliphatic heterocycles. The van der Waals surface area contributed by atoms with E-state index in [9.17, 15) is 4.79 Å². The molecule has 0 radical (unpaired) electrons. The molecular formula is C10H18N2O. The molecule has 1 rings (SSSR count). The fourth-order valence-electron chi connectivity index (χ4n) is 1.72. The smallest absolute Gasteiger partial charge is 0.228 e. The number of carbonyl (C=O) groups excluding carboxylic acids is 1. The number of nitrogens with one attached hydrogen (secondary N) is 2. The molecule has 2 N–H and O–H groups in total. The maximum atomic E-state index is 11.4. The van der Waals surface area contributed by atoms with E-state index in [1.807, 2.05) is 0 Å². The van der Waals surface area contributed by atoms with Crippen LogP contribution in [0.15, 0.2) is 12.7 Å². The third-order valence-electron chi connectivity index (χ3n) is 2.29. The Hall–Kier alpha value is -0.830. The number of rotatable bonds is 3. The third-order valence-corrected chi connectivity index (χ3v) is 2.29. The molecule has 0 saturated carbocycles. The lowest BCUT2D eigenvalue weighted by Gasteiger charge is -2.31. The van der Waals surface area contributed by atoms with Crippen LogP contribution in [0.1, 0.15) is 20.3 Å². The lowest BCUT2D eigenvalue weighted by molar-refractivity contribution is -0.125. The Morgan fingerprint density at radius 2 is 2.38 bits per heavy atom. The van der Waals surface area contributed by atoms with Gasteiger partial charge >= 0.3 is 0 Å². The highest BCUT2D eigenvalue weighted by molar-refractivity contribution is 5.81. The molecule has 1 amide bonds. The second-order valence-corrected chi connectivity index (χ2v) is 3.77. The van der Waals surface area contributed by atoms with Gasteiger partial charge in [-0.2, -0.15) is 0 Å². The van der Waals surface area contributed by atoms with Gasteiger partial charge < -0.3 is 10.6 Å². The summed E-state index contributed by atoms with van der Waals surface area (Å²) in [6, 6.07) is 0.671. The Morgan fingerprint density at radius 1 is 1.69 bits per heavy atom. The summed E-state index contributed by atoms with van der Waals surface area (Å²) in [5.74, 6) is 0.0237. The predicted molar refractivity (Wildman–Crippen MR) is 53.4 cm³/mol. The number of piperidine rings is 1. The van der Waals surface area contributed by atoms with Crippen LogP contribution in [0.5, 0.6) is 0 Å². The number of hydrogen-bond acceptors (Lipinski definition) is 2. The van der Waals surface area contributed by atoms with Crippen LogP contribution in [0.2, 0.25) is 0 Å². The maximum absolute atomic E-state index is 11.4. The summed E-state index contributed by atoms with van der Waals surface area (Å²) < 4.78 is 0. The lowest BCUT2D eigenvalue weighted by atomic mass is 9.92. The minimum Gasteiger partial charge on any atom is -0.355 e. The van der Waals surface area contributed by atoms with Gasteiger partial charge in [0, 0.05) is 18.6 Å². The van der Waals surface area contributed by atoms with E-state index in [0.29, 0.717) is 6.04 Å². The third kappa shape index (κ3) is 2.56. The second-order valence-electron chi connectivity index (χ2n) is 3.77. The molecule has 0 aromatic rings. The van der Waals surface area contributed by atoms with E-state index in [4.69, 9.17) is 0 Å². The van der Waals surface area contributed by atoms with E-state index < -0.39 is 0 Å². The number of hydrogen-bond donors (Lipinski definition) is 2. The standard InChI is InChI=1S/C10H18N2O/c1-4-8-9(12-7(2)3)5-6-11-10(8)13/h4,7-9,12H,1,5-6H2,2-3H3,(H,11,13)/t8-,9+/m0/s1. The fourth-order valence-corrected chi connectivity index (χ4v) is 1.72. The van der Waals surface area contributed by atoms with Gasteiger partial charge in [0.05, 0.1) is 5.92 Å². The molecule has 0 aliphatic carbocycles. The summed E-state index contributed by atoms with van der Waals surface area (Å²) in [4.78, 5) is 11.4. The van der Waals surface area contributed by atoms with Crippen LogP contribution >= 0.6 is 0 Å². The SMILES string of the molecule is C=C[C@@H]1C(=O)NCC[C@H]1NC(C)C. The van der Waals surface area contributed by atoms with Crippen LogP contribution in [0.25, 0.3) is 0 Å². The zero-order valence-corrected chi connectivity index (χ0v) is 8.34. The van der Waals surface area contributed by atoms with Gasteiger partial charge in [0.1, 0.15) is 0 Å². The van der Waals surface area contributed by atoms with Crippen molar-refractivity contribution in [2.24, 2.45) is 5.92 Å². The molecule has 1 fully saturated rings. The highest BCUT2D eigenvalue weighted by Gasteiger charge is 2.29. The minimum absolute atomic E-state index is 0.0730. The highest BCUT2D eigenvalue weighted by atomic mass is 16.2. The average molecular weight is 182 g/mol. The van der Waals surface area contributed by atoms with Crippen LogP contribution in [0, 0.1) is 5.92 Å². The molecule has 74 valence electrons. The Kier molecular flexibility index (Phi) is 3.48. The molecule has 3 heteroatoms. The van der Waals surface area contributed by atoms with E-state index in [1.54, 1.807) is 6.08 Å². The molecule has 0 unspecified atom stereocenters. The van der Waals surface area contributed by atoms with Crippen LogP contribution in [-0.2, 0) is 4.79 Å². The normalized spacial score (nSPS) is 28.7. The first-order chi connectivity index (χ1) is 6.15. The summed E-state index contributed by atoms with van der Waals surface area (Å²) in [6.07, 6.45) is 2.72. The van der Waals surface area contributed by atoms with Crippen molar-refractivity contribution in [1.29, 1.82) is 0 Å². The molecule has 0 bridgehead atoms. The van der Waals surface area contributed by atoms with Gasteiger partial charge in [0.25, 0.3) is 0 Å². The predicted octanol–water partition coefficient (Wildman–Crippen LogP) is 0.675. The van der Waals surface area contributed by atoms with Crippen LogP contribution in [-0.4, -0.2) is 24.5 Å². The van der Waals surface area contributed by atoms with Gasteiger partial charge in [-0.15, -0.1) is 6.58 Å². The topological polar surface area (TPSA) is 41.1 Å². The van der Waals surface area contributed by atoms with Crippen LogP contribution in [0.3, 0.4) is 0 Å². The first-order valence-electron chi connectivity index (χ1n) is 4.81. The summed E-state index contributed by atoms with van der Waals surface area (Å²) >= 11 is 0. The number of carbonyl (C=O) groups is 1. The first-order valence-corrected chi connectivity index (χ1v) is 4.81. The molecule has 1 aliphatic rings. The molecule has 0 aromatic heterocycles. The first kappa shape index (κ1) is 10.3. The van der Waals surface area contributed by atoms with E-state index in [-0.39, 0.29) is 17.9 Å². The van der Waals surface area contributed by atoms with Crippen molar-refractivity contribution in [1.82, 2.24) is 10.6 Å². The van der Waals surface area contributed by atoms with E-state index >= 15 is 0 Å². The minimum atomic E-state index is -0.0730. The molecule has 0 aromatic carbocycles. The summed E-state index contributed by atoms with van der Waals surface area (Å²) in [5, 5.41) is 6.22. The Bertz CT molecular complexity index is 201. The monoisotopic (exact) mass is 182 g/mol. The summed E-state index contributed by atoms with van der Waals surface area (Å²) in [5.41, 5.74) is 0. The Labute approximate surface area is 79.6 Å². The molecule has 2 atom stereocenters. The van der Waals surface area contributed by atoms with E-state index in [0.717, 1.165) is 13.0 Å². The van der Waals surface area contributed by atoms with E-state index in [2.05, 4.69) is 31.1 Å². The zero-order chi connectivity index (χ0) is 9.84. The van der Waals surface area contributed by atoms with Crippen molar-refractivity contribution in [2.45, 2.75) is 32.4 Å². The molecule has 13 heavy (non-hydrogen) atoms. The largest absolute Gasteiger partial charge is 0.355 e. The lowest BCUT2D eigenvalue weighted by Crippen LogP contribution is -2.51. The van der Waals surface area contributed by atoms with Crippen molar-refractivity contribution < 1.29 is 4.79 Å². The average Bonchev–Trinajstić information content (AvgIpc) is 2.03. The zero-order valence-electron chi connectivity index (χ0n) is 8.34. The quantitative estimate of drug-likeness (QED) is 0.630. The molecule has 0 spiro atoms. The van der Waals surface area contributed by atoms with Crippen molar-refractivity contribution in [3.63, 3.8) is 0 Å². The van der Waals surface area contributed by atoms with Gasteiger partial charge in [-0.05, 0) is 6.42 Å². The van der Waals surface area contributed by atoms with Crippen LogP contribution in [0.4, 0.5) is 0 Å². The van der Waals surface area contributed by atoms with E-state index in [1.165, 1.54) is 0 Å². The van der Waals surface area contributed by atoms with Crippen molar-refractivity contribution >= 4 is 5.91 Å². The summed E-state index contributed by atoms with van der Waals surface area (Å²) in [6.45, 7) is 8.64. The van der Waals surface area contributed by atoms with Crippen molar-refractivity contribution in [3.8, 4) is 0 Å². The second kappa shape index (κ2) is 4.42. The van der Waals surface area contributed by atoms with Gasteiger partial charge in [-0.25, -0.2) is 0 Å². The van der Waals surface area contributed by atoms with Crippen molar-refractivity contribution in [2.75, 3.05) is 6.54 Å². The summed E-state index contributed by atoms with van der Waals surface area (Å²) in [7, 11) is 0. The highest BCUT2D eigenvalue weighted by Crippen LogP contribution is 2.14. The van der Waals surface area contributed by atoms with Crippen molar-refractivity contribution in [3.05, 3.63) is 12.7 Å². The Balaban J connectivity index is 2.59. The van der Waals surface area contributed by atoms with Gasteiger partial charge in [-0.3, -0.25) is 4.79 Å². The molecular weight excluding hydrogens is 164 g/mol. The molecule has 1 heterocycles.